The van der Waals surface area contributed by atoms with Gasteiger partial charge in [-0.05, 0) is 57.7 Å². The zero-order valence-corrected chi connectivity index (χ0v) is 26.6. The lowest BCUT2D eigenvalue weighted by Crippen LogP contribution is -2.32. The van der Waals surface area contributed by atoms with Gasteiger partial charge in [0.05, 0.1) is 21.3 Å². The number of ether oxygens (including phenoxy) is 3. The number of terminal acetylenes is 1. The maximum Gasteiger partial charge on any atom is 0.292 e. The van der Waals surface area contributed by atoms with Crippen LogP contribution < -0.4 is 19.5 Å². The van der Waals surface area contributed by atoms with Gasteiger partial charge in [-0.2, -0.15) is 0 Å². The lowest BCUT2D eigenvalue weighted by molar-refractivity contribution is -0.118. The average Bonchev–Trinajstić information content (AvgIpc) is 3.03. The molecule has 1 amide bonds. The van der Waals surface area contributed by atoms with Gasteiger partial charge in [0.15, 0.2) is 11.5 Å². The maximum atomic E-state index is 12.1. The van der Waals surface area contributed by atoms with E-state index in [4.69, 9.17) is 14.2 Å². The van der Waals surface area contributed by atoms with E-state index in [1.54, 1.807) is 0 Å². The van der Waals surface area contributed by atoms with Crippen LogP contribution in [0.5, 0.6) is 17.2 Å². The fourth-order valence-corrected chi connectivity index (χ4v) is 3.43. The SMILES string of the molecule is C#C.C/C=C\C(=C/C)CC.CCCCc1ccccc1.COc1cc(C(=O)C(=O)NCCC(C)=O)cc(OC)c1OC. The third-order valence-electron chi connectivity index (χ3n) is 5.72. The summed E-state index contributed by atoms with van der Waals surface area (Å²) in [6.45, 7) is 10.0. The molecule has 0 bridgehead atoms. The Morgan fingerprint density at radius 3 is 1.86 bits per heavy atom. The Labute approximate surface area is 253 Å². The molecule has 0 aliphatic heterocycles. The molecule has 0 saturated carbocycles. The van der Waals surface area contributed by atoms with E-state index in [1.165, 1.54) is 70.8 Å². The van der Waals surface area contributed by atoms with Crippen molar-refractivity contribution in [3.05, 3.63) is 77.4 Å². The fraction of sp³-hybridized carbons (Fsp3) is 0.400. The third-order valence-corrected chi connectivity index (χ3v) is 5.72. The lowest BCUT2D eigenvalue weighted by atomic mass is 10.1. The number of hydrogen-bond acceptors (Lipinski definition) is 6. The molecule has 7 heteroatoms. The molecule has 42 heavy (non-hydrogen) atoms. The molecule has 2 rings (SSSR count). The Kier molecular flexibility index (Phi) is 24.3. The monoisotopic (exact) mass is 579 g/mol. The normalized spacial score (nSPS) is 10.0. The number of rotatable bonds is 13. The summed E-state index contributed by atoms with van der Waals surface area (Å²) in [4.78, 5) is 34.7. The van der Waals surface area contributed by atoms with Gasteiger partial charge < -0.3 is 19.5 Å². The summed E-state index contributed by atoms with van der Waals surface area (Å²) in [6.07, 6.45) is 19.5. The Morgan fingerprint density at radius 1 is 0.905 bits per heavy atom. The molecule has 0 aromatic heterocycles. The van der Waals surface area contributed by atoms with Gasteiger partial charge in [-0.25, -0.2) is 0 Å². The fourth-order valence-electron chi connectivity index (χ4n) is 3.43. The van der Waals surface area contributed by atoms with Crippen LogP contribution in [0, 0.1) is 12.8 Å². The standard InChI is InChI=1S/C15H19NO6.C10H14.C8H14.C2H2/c1-9(17)5-6-16-15(19)13(18)10-7-11(20-2)14(22-4)12(8-10)21-3;1-2-3-7-10-8-5-4-6-9-10;1-4-7-8(5-2)6-3;1-2/h7-8H,5-6H2,1-4H3,(H,16,19);4-6,8-9H,2-3,7H2,1H3;4-5,7H,6H2,1-3H3;1-2H/b;;7-4-,8-5-;. The highest BCUT2D eigenvalue weighted by molar-refractivity contribution is 6.43. The Balaban J connectivity index is 0. The zero-order valence-electron chi connectivity index (χ0n) is 26.6. The number of aryl methyl sites for hydroxylation is 1. The molecule has 1 N–H and O–H groups in total. The lowest BCUT2D eigenvalue weighted by Gasteiger charge is -2.13. The molecule has 0 unspecified atom stereocenters. The van der Waals surface area contributed by atoms with Crippen molar-refractivity contribution in [1.29, 1.82) is 0 Å². The summed E-state index contributed by atoms with van der Waals surface area (Å²) in [5.74, 6) is -0.721. The number of ketones is 2. The number of benzene rings is 2. The van der Waals surface area contributed by atoms with Crippen LogP contribution >= 0.6 is 0 Å². The van der Waals surface area contributed by atoms with Crippen LogP contribution in [0.3, 0.4) is 0 Å². The molecule has 0 radical (unpaired) electrons. The molecule has 0 heterocycles. The predicted molar refractivity (Wildman–Crippen MR) is 173 cm³/mol. The van der Waals surface area contributed by atoms with Gasteiger partial charge in [0.1, 0.15) is 5.78 Å². The van der Waals surface area contributed by atoms with Crippen LogP contribution in [-0.2, 0) is 16.0 Å². The van der Waals surface area contributed by atoms with E-state index in [-0.39, 0.29) is 35.8 Å². The number of Topliss-reactive ketones (excluding diaryl/α,β-unsaturated/α-hetero) is 2. The van der Waals surface area contributed by atoms with E-state index >= 15 is 0 Å². The minimum Gasteiger partial charge on any atom is -0.493 e. The number of amides is 1. The molecule has 0 fully saturated rings. The van der Waals surface area contributed by atoms with E-state index in [1.807, 2.05) is 6.92 Å². The Hall–Kier alpha value is -4.31. The molecule has 0 aliphatic carbocycles. The molecule has 230 valence electrons. The minimum absolute atomic E-state index is 0.0689. The van der Waals surface area contributed by atoms with Crippen molar-refractivity contribution in [3.63, 3.8) is 0 Å². The van der Waals surface area contributed by atoms with Crippen LogP contribution in [0.2, 0.25) is 0 Å². The largest absolute Gasteiger partial charge is 0.493 e. The van der Waals surface area contributed by atoms with Gasteiger partial charge in [-0.1, -0.05) is 74.4 Å². The topological polar surface area (TPSA) is 90.9 Å². The highest BCUT2D eigenvalue weighted by Crippen LogP contribution is 2.38. The van der Waals surface area contributed by atoms with E-state index < -0.39 is 11.7 Å². The van der Waals surface area contributed by atoms with Crippen LogP contribution in [0.4, 0.5) is 0 Å². The quantitative estimate of drug-likeness (QED) is 0.117. The summed E-state index contributed by atoms with van der Waals surface area (Å²) in [5, 5.41) is 2.39. The van der Waals surface area contributed by atoms with Gasteiger partial charge in [0.25, 0.3) is 5.91 Å². The Morgan fingerprint density at radius 2 is 1.48 bits per heavy atom. The highest BCUT2D eigenvalue weighted by atomic mass is 16.5. The smallest absolute Gasteiger partial charge is 0.292 e. The van der Waals surface area contributed by atoms with E-state index in [0.29, 0.717) is 5.75 Å². The first-order valence-electron chi connectivity index (χ1n) is 14.0. The second-order valence-electron chi connectivity index (χ2n) is 8.76. The number of carbonyl (C=O) groups excluding carboxylic acids is 3. The number of allylic oxidation sites excluding steroid dienone is 4. The van der Waals surface area contributed by atoms with Crippen molar-refractivity contribution in [2.24, 2.45) is 0 Å². The molecule has 0 atom stereocenters. The van der Waals surface area contributed by atoms with E-state index in [9.17, 15) is 14.4 Å². The zero-order chi connectivity index (χ0) is 32.3. The predicted octanol–water partition coefficient (Wildman–Crippen LogP) is 7.19. The van der Waals surface area contributed by atoms with Crippen molar-refractivity contribution in [2.45, 2.75) is 66.7 Å². The van der Waals surface area contributed by atoms with Gasteiger partial charge in [-0.3, -0.25) is 14.4 Å². The van der Waals surface area contributed by atoms with Crippen molar-refractivity contribution < 1.29 is 28.6 Å². The van der Waals surface area contributed by atoms with Gasteiger partial charge in [0, 0.05) is 18.5 Å². The first kappa shape index (κ1) is 39.8. The summed E-state index contributed by atoms with van der Waals surface area (Å²) in [5.41, 5.74) is 2.98. The van der Waals surface area contributed by atoms with Crippen LogP contribution in [0.15, 0.2) is 66.3 Å². The molecular weight excluding hydrogens is 530 g/mol. The van der Waals surface area contributed by atoms with Crippen LogP contribution in [-0.4, -0.2) is 45.3 Å². The Bertz CT molecular complexity index is 1100. The molecule has 2 aromatic rings. The van der Waals surface area contributed by atoms with Crippen molar-refractivity contribution in [3.8, 4) is 30.1 Å². The van der Waals surface area contributed by atoms with Gasteiger partial charge in [0.2, 0.25) is 11.5 Å². The number of unbranched alkanes of at least 4 members (excludes halogenated alkanes) is 1. The number of nitrogens with one attached hydrogen (secondary N) is 1. The van der Waals surface area contributed by atoms with Crippen LogP contribution in [0.1, 0.15) is 76.2 Å². The van der Waals surface area contributed by atoms with Crippen LogP contribution in [0.25, 0.3) is 0 Å². The third kappa shape index (κ3) is 16.7. The maximum absolute atomic E-state index is 12.1. The molecule has 0 aliphatic rings. The molecule has 2 aromatic carbocycles. The van der Waals surface area contributed by atoms with Crippen molar-refractivity contribution >= 4 is 17.5 Å². The van der Waals surface area contributed by atoms with Crippen molar-refractivity contribution in [1.82, 2.24) is 5.32 Å². The summed E-state index contributed by atoms with van der Waals surface area (Å²) >= 11 is 0. The first-order valence-corrected chi connectivity index (χ1v) is 14.0. The summed E-state index contributed by atoms with van der Waals surface area (Å²) in [7, 11) is 4.27. The number of methoxy groups -OCH3 is 3. The van der Waals surface area contributed by atoms with E-state index in [2.05, 4.69) is 87.5 Å². The first-order chi connectivity index (χ1) is 20.2. The molecular formula is C35H49NO6. The van der Waals surface area contributed by atoms with E-state index in [0.717, 1.165) is 6.42 Å². The second kappa shape index (κ2) is 25.6. The molecule has 0 spiro atoms. The minimum atomic E-state index is -0.796. The average molecular weight is 580 g/mol. The second-order valence-corrected chi connectivity index (χ2v) is 8.76. The summed E-state index contributed by atoms with van der Waals surface area (Å²) < 4.78 is 15.4. The number of carbonyl (C=O) groups is 3. The summed E-state index contributed by atoms with van der Waals surface area (Å²) in [6, 6.07) is 13.4. The number of hydrogen-bond donors (Lipinski definition) is 1. The van der Waals surface area contributed by atoms with Crippen molar-refractivity contribution in [2.75, 3.05) is 27.9 Å². The molecule has 0 saturated heterocycles. The van der Waals surface area contributed by atoms with Gasteiger partial charge >= 0.3 is 0 Å². The van der Waals surface area contributed by atoms with Gasteiger partial charge in [-0.15, -0.1) is 12.8 Å². The molecule has 7 nitrogen and oxygen atoms in total. The highest BCUT2D eigenvalue weighted by Gasteiger charge is 2.21.